The van der Waals surface area contributed by atoms with E-state index in [0.29, 0.717) is 31.4 Å². The van der Waals surface area contributed by atoms with Gasteiger partial charge in [-0.25, -0.2) is 4.98 Å². The number of hydrogen-bond donors (Lipinski definition) is 1. The minimum absolute atomic E-state index is 0.219. The normalized spacial score (nSPS) is 16.3. The number of aromatic nitrogens is 4. The Morgan fingerprint density at radius 2 is 2.18 bits per heavy atom. The molecule has 8 nitrogen and oxygen atoms in total. The summed E-state index contributed by atoms with van der Waals surface area (Å²) in [7, 11) is 0.734. The summed E-state index contributed by atoms with van der Waals surface area (Å²) in [6.07, 6.45) is 3.21. The van der Waals surface area contributed by atoms with Gasteiger partial charge in [-0.05, 0) is 30.5 Å². The van der Waals surface area contributed by atoms with Gasteiger partial charge in [0.2, 0.25) is 0 Å². The minimum atomic E-state index is -0.896. The third-order valence-corrected chi connectivity index (χ3v) is 6.48. The van der Waals surface area contributed by atoms with Gasteiger partial charge in [0.05, 0.1) is 12.3 Å². The first-order valence-electron chi connectivity index (χ1n) is 9.22. The topological polar surface area (TPSA) is 90.6 Å². The molecule has 1 aliphatic rings. The highest BCUT2D eigenvalue weighted by molar-refractivity contribution is 7.84. The Balaban J connectivity index is 1.53. The van der Waals surface area contributed by atoms with Gasteiger partial charge in [0.15, 0.2) is 0 Å². The quantitative estimate of drug-likeness (QED) is 0.650. The van der Waals surface area contributed by atoms with Crippen molar-refractivity contribution in [3.8, 4) is 0 Å². The number of hydrogen-bond acceptors (Lipinski definition) is 7. The molecule has 0 bridgehead atoms. The van der Waals surface area contributed by atoms with Crippen molar-refractivity contribution in [2.24, 2.45) is 0 Å². The number of nitrogens with zero attached hydrogens (tertiary/aromatic N) is 4. The number of methoxy groups -OCH3 is 1. The Kier molecular flexibility index (Phi) is 5.94. The zero-order chi connectivity index (χ0) is 19.3. The van der Waals surface area contributed by atoms with Gasteiger partial charge in [-0.2, -0.15) is 14.6 Å². The molecular weight excluding hydrogens is 378 g/mol. The molecule has 1 aliphatic heterocycles. The molecule has 9 heteroatoms. The number of benzene rings is 1. The summed E-state index contributed by atoms with van der Waals surface area (Å²) in [4.78, 5) is 8.58. The molecule has 148 valence electrons. The van der Waals surface area contributed by atoms with Gasteiger partial charge in [-0.1, -0.05) is 12.1 Å². The number of anilines is 2. The van der Waals surface area contributed by atoms with Gasteiger partial charge in [0.25, 0.3) is 5.78 Å². The van der Waals surface area contributed by atoms with E-state index in [2.05, 4.69) is 20.4 Å². The van der Waals surface area contributed by atoms with Crippen LogP contribution in [0.3, 0.4) is 0 Å². The van der Waals surface area contributed by atoms with Gasteiger partial charge in [-0.15, -0.1) is 0 Å². The summed E-state index contributed by atoms with van der Waals surface area (Å²) in [6.45, 7) is 1.80. The number of fused-ring (bicyclic) bond motifs is 1. The summed E-state index contributed by atoms with van der Waals surface area (Å²) < 4.78 is 24.9. The molecule has 1 N–H and O–H groups in total. The SMILES string of the molecule is COCc1cc(Nc2cccc(CS(=O)C3CCOCC3)c2)n2ncnc2n1. The Labute approximate surface area is 165 Å². The molecule has 1 unspecified atom stereocenters. The molecule has 3 aromatic rings. The molecule has 28 heavy (non-hydrogen) atoms. The minimum Gasteiger partial charge on any atom is -0.381 e. The molecule has 1 atom stereocenters. The van der Waals surface area contributed by atoms with Crippen LogP contribution in [0, 0.1) is 0 Å². The van der Waals surface area contributed by atoms with Crippen LogP contribution in [0.25, 0.3) is 5.78 Å². The number of ether oxygens (including phenoxy) is 2. The second kappa shape index (κ2) is 8.76. The zero-order valence-electron chi connectivity index (χ0n) is 15.7. The maximum absolute atomic E-state index is 12.7. The van der Waals surface area contributed by atoms with Gasteiger partial charge < -0.3 is 14.8 Å². The lowest BCUT2D eigenvalue weighted by Crippen LogP contribution is -2.25. The average molecular weight is 401 g/mol. The predicted molar refractivity (Wildman–Crippen MR) is 107 cm³/mol. The van der Waals surface area contributed by atoms with Crippen LogP contribution in [-0.2, 0) is 32.6 Å². The average Bonchev–Trinajstić information content (AvgIpc) is 3.18. The Hall–Kier alpha value is -2.36. The summed E-state index contributed by atoms with van der Waals surface area (Å²) in [5, 5.41) is 7.82. The number of rotatable bonds is 7. The fourth-order valence-electron chi connectivity index (χ4n) is 3.28. The summed E-state index contributed by atoms with van der Waals surface area (Å²) in [6, 6.07) is 9.86. The van der Waals surface area contributed by atoms with E-state index >= 15 is 0 Å². The predicted octanol–water partition coefficient (Wildman–Crippen LogP) is 2.44. The van der Waals surface area contributed by atoms with Gasteiger partial charge in [-0.3, -0.25) is 4.21 Å². The Bertz CT molecular complexity index is 971. The molecule has 4 rings (SSSR count). The lowest BCUT2D eigenvalue weighted by atomic mass is 10.2. The van der Waals surface area contributed by atoms with E-state index in [0.717, 1.165) is 35.6 Å². The van der Waals surface area contributed by atoms with E-state index in [-0.39, 0.29) is 5.25 Å². The highest BCUT2D eigenvalue weighted by Crippen LogP contribution is 2.22. The second-order valence-corrected chi connectivity index (χ2v) is 8.42. The lowest BCUT2D eigenvalue weighted by Gasteiger charge is -2.21. The Morgan fingerprint density at radius 3 is 3.00 bits per heavy atom. The zero-order valence-corrected chi connectivity index (χ0v) is 16.5. The largest absolute Gasteiger partial charge is 0.381 e. The fourth-order valence-corrected chi connectivity index (χ4v) is 4.74. The molecule has 2 aromatic heterocycles. The first-order chi connectivity index (χ1) is 13.7. The van der Waals surface area contributed by atoms with E-state index in [1.807, 2.05) is 30.3 Å². The van der Waals surface area contributed by atoms with Crippen molar-refractivity contribution in [3.63, 3.8) is 0 Å². The van der Waals surface area contributed by atoms with E-state index in [9.17, 15) is 4.21 Å². The molecule has 1 aromatic carbocycles. The summed E-state index contributed by atoms with van der Waals surface area (Å²) in [5.41, 5.74) is 2.70. The van der Waals surface area contributed by atoms with Crippen molar-refractivity contribution in [3.05, 3.63) is 47.9 Å². The van der Waals surface area contributed by atoms with Crippen LogP contribution in [0.2, 0.25) is 0 Å². The summed E-state index contributed by atoms with van der Waals surface area (Å²) >= 11 is 0. The van der Waals surface area contributed by atoms with Crippen molar-refractivity contribution >= 4 is 28.1 Å². The van der Waals surface area contributed by atoms with E-state index in [4.69, 9.17) is 9.47 Å². The highest BCUT2D eigenvalue weighted by Gasteiger charge is 2.20. The third-order valence-electron chi connectivity index (χ3n) is 4.65. The molecule has 1 fully saturated rings. The third kappa shape index (κ3) is 4.37. The van der Waals surface area contributed by atoms with Gasteiger partial charge in [0, 0.05) is 53.9 Å². The number of nitrogens with one attached hydrogen (secondary N) is 1. The molecule has 3 heterocycles. The molecule has 0 spiro atoms. The van der Waals surface area contributed by atoms with Crippen LogP contribution in [0.5, 0.6) is 0 Å². The van der Waals surface area contributed by atoms with Crippen LogP contribution in [0.1, 0.15) is 24.1 Å². The molecule has 1 saturated heterocycles. The van der Waals surface area contributed by atoms with Crippen LogP contribution in [-0.4, -0.2) is 49.4 Å². The van der Waals surface area contributed by atoms with Crippen molar-refractivity contribution < 1.29 is 13.7 Å². The smallest absolute Gasteiger partial charge is 0.254 e. The molecular formula is C19H23N5O3S. The van der Waals surface area contributed by atoms with Crippen LogP contribution in [0.15, 0.2) is 36.7 Å². The first-order valence-corrected chi connectivity index (χ1v) is 10.6. The van der Waals surface area contributed by atoms with Crippen molar-refractivity contribution in [2.75, 3.05) is 25.6 Å². The van der Waals surface area contributed by atoms with E-state index < -0.39 is 10.8 Å². The molecule has 0 amide bonds. The van der Waals surface area contributed by atoms with E-state index in [1.54, 1.807) is 11.6 Å². The van der Waals surface area contributed by atoms with Crippen molar-refractivity contribution in [2.45, 2.75) is 30.5 Å². The van der Waals surface area contributed by atoms with Crippen molar-refractivity contribution in [1.29, 1.82) is 0 Å². The lowest BCUT2D eigenvalue weighted by molar-refractivity contribution is 0.0992. The highest BCUT2D eigenvalue weighted by atomic mass is 32.2. The molecule has 0 radical (unpaired) electrons. The maximum atomic E-state index is 12.7. The van der Waals surface area contributed by atoms with Crippen LogP contribution < -0.4 is 5.32 Å². The second-order valence-electron chi connectivity index (χ2n) is 6.70. The first kappa shape index (κ1) is 19.0. The Morgan fingerprint density at radius 1 is 1.32 bits per heavy atom. The van der Waals surface area contributed by atoms with Gasteiger partial charge in [0.1, 0.15) is 12.1 Å². The molecule has 0 saturated carbocycles. The van der Waals surface area contributed by atoms with Crippen molar-refractivity contribution in [1.82, 2.24) is 19.6 Å². The van der Waals surface area contributed by atoms with E-state index in [1.165, 1.54) is 6.33 Å². The van der Waals surface area contributed by atoms with Crippen LogP contribution >= 0.6 is 0 Å². The monoisotopic (exact) mass is 401 g/mol. The standard InChI is InChI=1S/C19H23N5O3S/c1-26-11-16-10-18(24-19(23-16)20-13-21-24)22-15-4-2-3-14(9-15)12-28(25)17-5-7-27-8-6-17/h2-4,9-10,13,17,22H,5-8,11-12H2,1H3. The maximum Gasteiger partial charge on any atom is 0.254 e. The molecule has 0 aliphatic carbocycles. The van der Waals surface area contributed by atoms with Crippen LogP contribution in [0.4, 0.5) is 11.5 Å². The fraction of sp³-hybridized carbons (Fsp3) is 0.421. The summed E-state index contributed by atoms with van der Waals surface area (Å²) in [5.74, 6) is 1.80. The van der Waals surface area contributed by atoms with Gasteiger partial charge >= 0.3 is 0 Å².